The molecule has 124 valence electrons. The molecule has 1 fully saturated rings. The molecular formula is C17H28N2O2S. The van der Waals surface area contributed by atoms with Gasteiger partial charge < -0.3 is 15.0 Å². The van der Waals surface area contributed by atoms with Crippen molar-refractivity contribution in [3.63, 3.8) is 0 Å². The Morgan fingerprint density at radius 1 is 1.50 bits per heavy atom. The summed E-state index contributed by atoms with van der Waals surface area (Å²) in [5.41, 5.74) is 0.122. The predicted molar refractivity (Wildman–Crippen MR) is 91.4 cm³/mol. The van der Waals surface area contributed by atoms with Crippen LogP contribution < -0.4 is 5.32 Å². The Bertz CT molecular complexity index is 468. The van der Waals surface area contributed by atoms with Gasteiger partial charge in [0.05, 0.1) is 6.10 Å². The summed E-state index contributed by atoms with van der Waals surface area (Å²) < 4.78 is 5.86. The zero-order valence-corrected chi connectivity index (χ0v) is 14.9. The molecule has 4 nitrogen and oxygen atoms in total. The van der Waals surface area contributed by atoms with Crippen molar-refractivity contribution in [1.29, 1.82) is 0 Å². The van der Waals surface area contributed by atoms with Crippen molar-refractivity contribution in [3.05, 3.63) is 22.4 Å². The van der Waals surface area contributed by atoms with Gasteiger partial charge in [-0.25, -0.2) is 4.79 Å². The molecule has 1 aliphatic rings. The zero-order chi connectivity index (χ0) is 16.2. The van der Waals surface area contributed by atoms with E-state index in [1.165, 1.54) is 4.88 Å². The lowest BCUT2D eigenvalue weighted by molar-refractivity contribution is 0.00759. The van der Waals surface area contributed by atoms with Crippen molar-refractivity contribution < 1.29 is 9.53 Å². The highest BCUT2D eigenvalue weighted by Crippen LogP contribution is 2.34. The Balaban J connectivity index is 1.74. The quantitative estimate of drug-likeness (QED) is 0.902. The molecule has 0 aromatic carbocycles. The minimum atomic E-state index is 0.0103. The summed E-state index contributed by atoms with van der Waals surface area (Å²) in [4.78, 5) is 15.3. The Labute approximate surface area is 137 Å². The van der Waals surface area contributed by atoms with Crippen LogP contribution in [0.5, 0.6) is 0 Å². The zero-order valence-electron chi connectivity index (χ0n) is 14.1. The van der Waals surface area contributed by atoms with E-state index in [4.69, 9.17) is 4.74 Å². The molecular weight excluding hydrogens is 296 g/mol. The molecule has 0 saturated carbocycles. The number of hydrogen-bond donors (Lipinski definition) is 1. The van der Waals surface area contributed by atoms with Crippen molar-refractivity contribution >= 4 is 17.4 Å². The van der Waals surface area contributed by atoms with E-state index in [-0.39, 0.29) is 17.6 Å². The van der Waals surface area contributed by atoms with Crippen molar-refractivity contribution in [2.75, 3.05) is 26.7 Å². The molecule has 0 radical (unpaired) electrons. The second kappa shape index (κ2) is 7.47. The van der Waals surface area contributed by atoms with Crippen molar-refractivity contribution in [3.8, 4) is 0 Å². The van der Waals surface area contributed by atoms with Crippen LogP contribution in [-0.4, -0.2) is 43.8 Å². The molecule has 0 aliphatic carbocycles. The average Bonchev–Trinajstić information content (AvgIpc) is 3.12. The third-order valence-electron chi connectivity index (χ3n) is 4.20. The Kier molecular flexibility index (Phi) is 5.87. The lowest BCUT2D eigenvalue weighted by Gasteiger charge is -2.31. The topological polar surface area (TPSA) is 41.6 Å². The number of thiophene rings is 1. The van der Waals surface area contributed by atoms with Gasteiger partial charge in [-0.05, 0) is 29.7 Å². The van der Waals surface area contributed by atoms with Gasteiger partial charge in [0.25, 0.3) is 0 Å². The van der Waals surface area contributed by atoms with E-state index in [2.05, 4.69) is 37.5 Å². The maximum Gasteiger partial charge on any atom is 0.317 e. The predicted octanol–water partition coefficient (Wildman–Crippen LogP) is 3.38. The third-order valence-corrected chi connectivity index (χ3v) is 5.14. The first-order chi connectivity index (χ1) is 10.4. The number of nitrogens with zero attached hydrogens (tertiary/aromatic N) is 1. The summed E-state index contributed by atoms with van der Waals surface area (Å²) in [5, 5.41) is 5.14. The Morgan fingerprint density at radius 2 is 2.27 bits per heavy atom. The number of carbonyl (C=O) groups is 1. The van der Waals surface area contributed by atoms with Gasteiger partial charge in [0.15, 0.2) is 0 Å². The van der Waals surface area contributed by atoms with Crippen LogP contribution in [0.25, 0.3) is 0 Å². The molecule has 1 aromatic rings. The van der Waals surface area contributed by atoms with Crippen LogP contribution in [0.15, 0.2) is 17.5 Å². The monoisotopic (exact) mass is 324 g/mol. The fraction of sp³-hybridized carbons (Fsp3) is 0.706. The van der Waals surface area contributed by atoms with Crippen LogP contribution in [0.4, 0.5) is 4.79 Å². The van der Waals surface area contributed by atoms with Gasteiger partial charge in [-0.2, -0.15) is 0 Å². The third kappa shape index (κ3) is 4.71. The molecule has 1 N–H and O–H groups in total. The molecule has 2 unspecified atom stereocenters. The van der Waals surface area contributed by atoms with E-state index in [1.54, 1.807) is 16.2 Å². The molecule has 0 spiro atoms. The minimum Gasteiger partial charge on any atom is -0.377 e. The second-order valence-corrected chi connectivity index (χ2v) is 8.18. The lowest BCUT2D eigenvalue weighted by Crippen LogP contribution is -2.43. The van der Waals surface area contributed by atoms with E-state index in [0.717, 1.165) is 26.0 Å². The van der Waals surface area contributed by atoms with Gasteiger partial charge in [-0.15, -0.1) is 11.3 Å². The van der Waals surface area contributed by atoms with Crippen LogP contribution in [0, 0.1) is 11.3 Å². The van der Waals surface area contributed by atoms with Crippen molar-refractivity contribution in [2.24, 2.45) is 11.3 Å². The number of hydrogen-bond acceptors (Lipinski definition) is 3. The normalized spacial score (nSPS) is 21.8. The van der Waals surface area contributed by atoms with Crippen LogP contribution in [-0.2, 0) is 11.2 Å². The van der Waals surface area contributed by atoms with Crippen LogP contribution in [0.3, 0.4) is 0 Å². The Morgan fingerprint density at radius 3 is 2.91 bits per heavy atom. The van der Waals surface area contributed by atoms with Gasteiger partial charge in [0.2, 0.25) is 0 Å². The summed E-state index contributed by atoms with van der Waals surface area (Å²) in [7, 11) is 1.86. The molecule has 5 heteroatoms. The first kappa shape index (κ1) is 17.3. The number of rotatable bonds is 5. The molecule has 2 heterocycles. The SMILES string of the molecule is CN(CCc1cccs1)C(=O)NCC1CCOC1C(C)(C)C. The summed E-state index contributed by atoms with van der Waals surface area (Å²) in [6.07, 6.45) is 2.17. The van der Waals surface area contributed by atoms with E-state index in [0.29, 0.717) is 12.5 Å². The highest BCUT2D eigenvalue weighted by molar-refractivity contribution is 7.09. The molecule has 2 rings (SSSR count). The number of carbonyl (C=O) groups excluding carboxylic acids is 1. The molecule has 0 bridgehead atoms. The maximum atomic E-state index is 12.2. The summed E-state index contributed by atoms with van der Waals surface area (Å²) in [6.45, 7) is 8.85. The van der Waals surface area contributed by atoms with Crippen LogP contribution in [0.1, 0.15) is 32.1 Å². The first-order valence-electron chi connectivity index (χ1n) is 8.01. The molecule has 2 atom stereocenters. The van der Waals surface area contributed by atoms with Gasteiger partial charge in [0, 0.05) is 37.5 Å². The second-order valence-electron chi connectivity index (χ2n) is 7.14. The number of urea groups is 1. The van der Waals surface area contributed by atoms with Crippen LogP contribution in [0.2, 0.25) is 0 Å². The van der Waals surface area contributed by atoms with Gasteiger partial charge in [0.1, 0.15) is 0 Å². The van der Waals surface area contributed by atoms with Gasteiger partial charge in [-0.1, -0.05) is 26.8 Å². The molecule has 2 amide bonds. The summed E-state index contributed by atoms with van der Waals surface area (Å²) in [5.74, 6) is 0.412. The molecule has 1 aliphatic heterocycles. The fourth-order valence-corrected chi connectivity index (χ4v) is 3.69. The standard InChI is InChI=1S/C17H28N2O2S/c1-17(2,3)15-13(8-10-21-15)12-18-16(20)19(4)9-7-14-6-5-11-22-14/h5-6,11,13,15H,7-10,12H2,1-4H3,(H,18,20). The lowest BCUT2D eigenvalue weighted by atomic mass is 9.81. The van der Waals surface area contributed by atoms with Gasteiger partial charge >= 0.3 is 6.03 Å². The van der Waals surface area contributed by atoms with Crippen molar-refractivity contribution in [2.45, 2.75) is 39.7 Å². The number of ether oxygens (including phenoxy) is 1. The number of likely N-dealkylation sites (N-methyl/N-ethyl adjacent to an activating group) is 1. The summed E-state index contributed by atoms with van der Waals surface area (Å²) >= 11 is 1.74. The minimum absolute atomic E-state index is 0.0103. The molecule has 1 saturated heterocycles. The van der Waals surface area contributed by atoms with E-state index >= 15 is 0 Å². The van der Waals surface area contributed by atoms with Gasteiger partial charge in [-0.3, -0.25) is 0 Å². The van der Waals surface area contributed by atoms with Crippen LogP contribution >= 0.6 is 11.3 Å². The average molecular weight is 324 g/mol. The highest BCUT2D eigenvalue weighted by atomic mass is 32.1. The fourth-order valence-electron chi connectivity index (χ4n) is 2.99. The van der Waals surface area contributed by atoms with E-state index in [9.17, 15) is 4.79 Å². The number of amides is 2. The van der Waals surface area contributed by atoms with E-state index in [1.807, 2.05) is 13.1 Å². The number of nitrogens with one attached hydrogen (secondary N) is 1. The van der Waals surface area contributed by atoms with Crippen molar-refractivity contribution in [1.82, 2.24) is 10.2 Å². The Hall–Kier alpha value is -1.07. The molecule has 1 aromatic heterocycles. The largest absolute Gasteiger partial charge is 0.377 e. The molecule has 22 heavy (non-hydrogen) atoms. The highest BCUT2D eigenvalue weighted by Gasteiger charge is 2.37. The summed E-state index contributed by atoms with van der Waals surface area (Å²) in [6, 6.07) is 4.17. The first-order valence-corrected chi connectivity index (χ1v) is 8.89. The smallest absolute Gasteiger partial charge is 0.317 e. The van der Waals surface area contributed by atoms with E-state index < -0.39 is 0 Å². The maximum absolute atomic E-state index is 12.2.